The van der Waals surface area contributed by atoms with E-state index in [-0.39, 0.29) is 18.4 Å². The number of ether oxygens (including phenoxy) is 1. The van der Waals surface area contributed by atoms with Crippen molar-refractivity contribution in [2.45, 2.75) is 71.8 Å². The van der Waals surface area contributed by atoms with E-state index in [0.29, 0.717) is 13.0 Å². The summed E-state index contributed by atoms with van der Waals surface area (Å²) in [4.78, 5) is 40.1. The van der Waals surface area contributed by atoms with Crippen LogP contribution >= 0.6 is 0 Å². The van der Waals surface area contributed by atoms with Crippen molar-refractivity contribution in [2.75, 3.05) is 0 Å². The smallest absolute Gasteiger partial charge is 0.411 e. The predicted octanol–water partition coefficient (Wildman–Crippen LogP) is 3.48. The molecule has 7 nitrogen and oxygen atoms in total. The number of carbonyl (C=O) groups excluding carboxylic acids is 3. The molecular formula is C26H33N3O4. The topological polar surface area (TPSA) is 87.7 Å². The molecule has 0 radical (unpaired) electrons. The first-order chi connectivity index (χ1) is 15.5. The number of fused-ring (bicyclic) bond motifs is 1. The third-order valence-corrected chi connectivity index (χ3v) is 5.52. The average molecular weight is 452 g/mol. The summed E-state index contributed by atoms with van der Waals surface area (Å²) in [7, 11) is 0. The molecule has 2 N–H and O–H groups in total. The lowest BCUT2D eigenvalue weighted by atomic mass is 9.93. The number of hydrogen-bond acceptors (Lipinski definition) is 4. The third kappa shape index (κ3) is 6.57. The van der Waals surface area contributed by atoms with Gasteiger partial charge in [-0.15, -0.1) is 0 Å². The molecular weight excluding hydrogens is 418 g/mol. The highest BCUT2D eigenvalue weighted by atomic mass is 16.6. The molecule has 0 saturated heterocycles. The number of hydrogen-bond donors (Lipinski definition) is 2. The fourth-order valence-corrected chi connectivity index (χ4v) is 3.69. The van der Waals surface area contributed by atoms with Gasteiger partial charge in [0, 0.05) is 13.0 Å². The van der Waals surface area contributed by atoms with Gasteiger partial charge < -0.3 is 15.4 Å². The van der Waals surface area contributed by atoms with Crippen molar-refractivity contribution in [1.29, 1.82) is 0 Å². The lowest BCUT2D eigenvalue weighted by Crippen LogP contribution is -2.56. The molecule has 3 amide bonds. The minimum Gasteiger partial charge on any atom is -0.444 e. The molecule has 2 aromatic rings. The molecule has 0 saturated carbocycles. The summed E-state index contributed by atoms with van der Waals surface area (Å²) in [6, 6.07) is 14.1. The zero-order valence-electron chi connectivity index (χ0n) is 20.0. The first kappa shape index (κ1) is 24.3. The van der Waals surface area contributed by atoms with Gasteiger partial charge in [0.1, 0.15) is 17.7 Å². The SMILES string of the molecule is Cc1ccc(CNC(=O)[C@H](C)NC(=O)[C@@H]2Cc3ccccc3CN2C(=O)OC(C)(C)C)cc1. The first-order valence-electron chi connectivity index (χ1n) is 11.2. The van der Waals surface area contributed by atoms with Gasteiger partial charge >= 0.3 is 6.09 Å². The summed E-state index contributed by atoms with van der Waals surface area (Å²) in [5.41, 5.74) is 3.44. The summed E-state index contributed by atoms with van der Waals surface area (Å²) >= 11 is 0. The van der Waals surface area contributed by atoms with Gasteiger partial charge in [0.25, 0.3) is 0 Å². The second-order valence-electron chi connectivity index (χ2n) is 9.53. The Kier molecular flexibility index (Phi) is 7.41. The normalized spacial score (nSPS) is 16.4. The number of carbonyl (C=O) groups is 3. The molecule has 7 heteroatoms. The minimum absolute atomic E-state index is 0.275. The van der Waals surface area contributed by atoms with Gasteiger partial charge in [-0.1, -0.05) is 54.1 Å². The Bertz CT molecular complexity index is 1010. The summed E-state index contributed by atoms with van der Waals surface area (Å²) in [6.45, 7) is 9.66. The van der Waals surface area contributed by atoms with E-state index < -0.39 is 23.8 Å². The Morgan fingerprint density at radius 3 is 2.33 bits per heavy atom. The zero-order chi connectivity index (χ0) is 24.2. The van der Waals surface area contributed by atoms with Crippen LogP contribution in [0.25, 0.3) is 0 Å². The van der Waals surface area contributed by atoms with Gasteiger partial charge in [0.05, 0.1) is 6.54 Å². The van der Waals surface area contributed by atoms with E-state index in [0.717, 1.165) is 22.3 Å². The first-order valence-corrected chi connectivity index (χ1v) is 11.2. The van der Waals surface area contributed by atoms with E-state index in [1.807, 2.05) is 55.5 Å². The molecule has 1 aliphatic heterocycles. The quantitative estimate of drug-likeness (QED) is 0.729. The van der Waals surface area contributed by atoms with Crippen LogP contribution in [0.2, 0.25) is 0 Å². The molecule has 0 bridgehead atoms. The van der Waals surface area contributed by atoms with Crippen LogP contribution in [0.1, 0.15) is 49.9 Å². The summed E-state index contributed by atoms with van der Waals surface area (Å²) in [5, 5.41) is 5.62. The Labute approximate surface area is 195 Å². The van der Waals surface area contributed by atoms with E-state index in [2.05, 4.69) is 10.6 Å². The van der Waals surface area contributed by atoms with Crippen LogP contribution in [-0.4, -0.2) is 40.5 Å². The molecule has 1 aliphatic rings. The standard InChI is InChI=1S/C26H33N3O4/c1-17-10-12-19(13-11-17)15-27-23(30)18(2)28-24(31)22-14-20-8-6-7-9-21(20)16-29(22)25(32)33-26(3,4)5/h6-13,18,22H,14-16H2,1-5H3,(H,27,30)(H,28,31)/t18-,22-/m0/s1. The van der Waals surface area contributed by atoms with Crippen molar-refractivity contribution >= 4 is 17.9 Å². The van der Waals surface area contributed by atoms with Gasteiger partial charge in [0.15, 0.2) is 0 Å². The van der Waals surface area contributed by atoms with Crippen LogP contribution in [0.5, 0.6) is 0 Å². The monoisotopic (exact) mass is 451 g/mol. The molecule has 0 spiro atoms. The Morgan fingerprint density at radius 1 is 1.06 bits per heavy atom. The molecule has 2 aromatic carbocycles. The lowest BCUT2D eigenvalue weighted by Gasteiger charge is -2.37. The van der Waals surface area contributed by atoms with E-state index in [9.17, 15) is 14.4 Å². The summed E-state index contributed by atoms with van der Waals surface area (Å²) in [6.07, 6.45) is -0.187. The molecule has 176 valence electrons. The van der Waals surface area contributed by atoms with Crippen LogP contribution in [0.3, 0.4) is 0 Å². The Balaban J connectivity index is 1.67. The molecule has 0 aromatic heterocycles. The van der Waals surface area contributed by atoms with Crippen molar-refractivity contribution < 1.29 is 19.1 Å². The number of rotatable bonds is 5. The van der Waals surface area contributed by atoms with Crippen LogP contribution < -0.4 is 10.6 Å². The Morgan fingerprint density at radius 2 is 1.70 bits per heavy atom. The van der Waals surface area contributed by atoms with Gasteiger partial charge in [-0.05, 0) is 51.3 Å². The number of benzene rings is 2. The summed E-state index contributed by atoms with van der Waals surface area (Å²) < 4.78 is 5.55. The van der Waals surface area contributed by atoms with Crippen LogP contribution in [0.15, 0.2) is 48.5 Å². The van der Waals surface area contributed by atoms with E-state index in [1.165, 1.54) is 4.90 Å². The second kappa shape index (κ2) is 10.1. The van der Waals surface area contributed by atoms with E-state index >= 15 is 0 Å². The molecule has 33 heavy (non-hydrogen) atoms. The lowest BCUT2D eigenvalue weighted by molar-refractivity contribution is -0.132. The van der Waals surface area contributed by atoms with Crippen molar-refractivity contribution in [3.8, 4) is 0 Å². The molecule has 0 aliphatic carbocycles. The molecule has 0 fully saturated rings. The average Bonchev–Trinajstić information content (AvgIpc) is 2.76. The maximum Gasteiger partial charge on any atom is 0.411 e. The molecule has 0 unspecified atom stereocenters. The second-order valence-corrected chi connectivity index (χ2v) is 9.53. The number of amides is 3. The van der Waals surface area contributed by atoms with Crippen molar-refractivity contribution in [3.63, 3.8) is 0 Å². The van der Waals surface area contributed by atoms with Crippen LogP contribution in [0, 0.1) is 6.92 Å². The fraction of sp³-hybridized carbons (Fsp3) is 0.423. The highest BCUT2D eigenvalue weighted by molar-refractivity contribution is 5.91. The number of nitrogens with zero attached hydrogens (tertiary/aromatic N) is 1. The van der Waals surface area contributed by atoms with Gasteiger partial charge in [-0.2, -0.15) is 0 Å². The van der Waals surface area contributed by atoms with Gasteiger partial charge in [-0.3, -0.25) is 14.5 Å². The van der Waals surface area contributed by atoms with Crippen molar-refractivity contribution in [2.24, 2.45) is 0 Å². The number of nitrogens with one attached hydrogen (secondary N) is 2. The van der Waals surface area contributed by atoms with E-state index in [1.54, 1.807) is 27.7 Å². The van der Waals surface area contributed by atoms with Crippen molar-refractivity contribution in [1.82, 2.24) is 15.5 Å². The van der Waals surface area contributed by atoms with Gasteiger partial charge in [0.2, 0.25) is 11.8 Å². The predicted molar refractivity (Wildman–Crippen MR) is 126 cm³/mol. The van der Waals surface area contributed by atoms with Crippen molar-refractivity contribution in [3.05, 3.63) is 70.8 Å². The maximum atomic E-state index is 13.2. The molecule has 3 rings (SSSR count). The van der Waals surface area contributed by atoms with Crippen LogP contribution in [-0.2, 0) is 33.8 Å². The fourth-order valence-electron chi connectivity index (χ4n) is 3.69. The van der Waals surface area contributed by atoms with Crippen LogP contribution in [0.4, 0.5) is 4.79 Å². The molecule has 1 heterocycles. The highest BCUT2D eigenvalue weighted by Gasteiger charge is 2.37. The largest absolute Gasteiger partial charge is 0.444 e. The molecule has 2 atom stereocenters. The third-order valence-electron chi connectivity index (χ3n) is 5.52. The zero-order valence-corrected chi connectivity index (χ0v) is 20.0. The number of aryl methyl sites for hydroxylation is 1. The minimum atomic E-state index is -0.762. The van der Waals surface area contributed by atoms with E-state index in [4.69, 9.17) is 4.74 Å². The maximum absolute atomic E-state index is 13.2. The highest BCUT2D eigenvalue weighted by Crippen LogP contribution is 2.25. The summed E-state index contributed by atoms with van der Waals surface area (Å²) in [5.74, 6) is -0.669. The Hall–Kier alpha value is -3.35. The van der Waals surface area contributed by atoms with Gasteiger partial charge in [-0.25, -0.2) is 4.79 Å².